The van der Waals surface area contributed by atoms with Gasteiger partial charge in [-0.05, 0) is 43.9 Å². The molecule has 1 aliphatic rings. The van der Waals surface area contributed by atoms with Crippen molar-refractivity contribution in [2.45, 2.75) is 38.1 Å². The molecule has 2 N–H and O–H groups in total. The van der Waals surface area contributed by atoms with Crippen LogP contribution in [0.15, 0.2) is 22.7 Å². The van der Waals surface area contributed by atoms with Crippen molar-refractivity contribution in [1.82, 2.24) is 0 Å². The van der Waals surface area contributed by atoms with Gasteiger partial charge in [-0.25, -0.2) is 0 Å². The smallest absolute Gasteiger partial charge is 0.0207 e. The summed E-state index contributed by atoms with van der Waals surface area (Å²) in [6.07, 6.45) is 2.48. The molecule has 0 aromatic heterocycles. The van der Waals surface area contributed by atoms with Crippen molar-refractivity contribution in [1.29, 1.82) is 0 Å². The predicted molar refractivity (Wildman–Crippen MR) is 63.4 cm³/mol. The summed E-state index contributed by atoms with van der Waals surface area (Å²) in [4.78, 5) is 0. The van der Waals surface area contributed by atoms with Crippen LogP contribution < -0.4 is 5.73 Å². The van der Waals surface area contributed by atoms with E-state index in [4.69, 9.17) is 5.73 Å². The van der Waals surface area contributed by atoms with Gasteiger partial charge >= 0.3 is 0 Å². The monoisotopic (exact) mass is 253 g/mol. The Morgan fingerprint density at radius 1 is 1.43 bits per heavy atom. The van der Waals surface area contributed by atoms with Crippen molar-refractivity contribution in [3.05, 3.63) is 33.8 Å². The van der Waals surface area contributed by atoms with Gasteiger partial charge in [-0.1, -0.05) is 28.1 Å². The molecule has 1 fully saturated rings. The number of nitrogens with two attached hydrogens (primary N) is 1. The molecule has 1 unspecified atom stereocenters. The fraction of sp³-hybridized carbons (Fsp3) is 0.500. The van der Waals surface area contributed by atoms with Crippen LogP contribution in [0.2, 0.25) is 0 Å². The van der Waals surface area contributed by atoms with Crippen molar-refractivity contribution in [3.63, 3.8) is 0 Å². The average molecular weight is 254 g/mol. The maximum absolute atomic E-state index is 6.07. The van der Waals surface area contributed by atoms with Crippen molar-refractivity contribution in [3.8, 4) is 0 Å². The zero-order valence-electron chi connectivity index (χ0n) is 8.68. The minimum absolute atomic E-state index is 0.260. The number of hydrogen-bond acceptors (Lipinski definition) is 1. The maximum atomic E-state index is 6.07. The van der Waals surface area contributed by atoms with Crippen LogP contribution in [-0.2, 0) is 5.41 Å². The quantitative estimate of drug-likeness (QED) is 0.862. The second kappa shape index (κ2) is 3.35. The third kappa shape index (κ3) is 1.41. The Balaban J connectivity index is 2.47. The molecule has 0 bridgehead atoms. The van der Waals surface area contributed by atoms with Gasteiger partial charge in [0.2, 0.25) is 0 Å². The molecule has 0 saturated heterocycles. The molecule has 14 heavy (non-hydrogen) atoms. The van der Waals surface area contributed by atoms with E-state index in [9.17, 15) is 0 Å². The van der Waals surface area contributed by atoms with Gasteiger partial charge in [0.1, 0.15) is 0 Å². The van der Waals surface area contributed by atoms with Crippen LogP contribution in [-0.4, -0.2) is 6.04 Å². The SMILES string of the molecule is Cc1c(Br)cccc1C1(C(C)N)CC1. The highest BCUT2D eigenvalue weighted by Gasteiger charge is 2.48. The summed E-state index contributed by atoms with van der Waals surface area (Å²) in [5, 5.41) is 0. The Morgan fingerprint density at radius 2 is 2.07 bits per heavy atom. The number of benzene rings is 1. The van der Waals surface area contributed by atoms with E-state index in [2.05, 4.69) is 48.0 Å². The Morgan fingerprint density at radius 3 is 2.57 bits per heavy atom. The zero-order valence-corrected chi connectivity index (χ0v) is 10.3. The van der Waals surface area contributed by atoms with E-state index in [1.165, 1.54) is 28.4 Å². The van der Waals surface area contributed by atoms with Crippen LogP contribution in [0.5, 0.6) is 0 Å². The van der Waals surface area contributed by atoms with Crippen molar-refractivity contribution in [2.24, 2.45) is 5.73 Å². The van der Waals surface area contributed by atoms with E-state index in [0.29, 0.717) is 0 Å². The Bertz CT molecular complexity index is 353. The number of rotatable bonds is 2. The molecule has 1 aromatic rings. The fourth-order valence-electron chi connectivity index (χ4n) is 2.25. The zero-order chi connectivity index (χ0) is 10.3. The molecule has 1 atom stereocenters. The van der Waals surface area contributed by atoms with Crippen molar-refractivity contribution >= 4 is 15.9 Å². The lowest BCUT2D eigenvalue weighted by atomic mass is 9.86. The highest BCUT2D eigenvalue weighted by Crippen LogP contribution is 2.51. The van der Waals surface area contributed by atoms with Crippen molar-refractivity contribution in [2.75, 3.05) is 0 Å². The van der Waals surface area contributed by atoms with Crippen LogP contribution in [0.3, 0.4) is 0 Å². The molecule has 1 saturated carbocycles. The standard InChI is InChI=1S/C12H16BrN/c1-8-10(4-3-5-11(8)13)12(6-7-12)9(2)14/h3-5,9H,6-7,14H2,1-2H3. The van der Waals surface area contributed by atoms with Crippen LogP contribution in [0.1, 0.15) is 30.9 Å². The van der Waals surface area contributed by atoms with Gasteiger partial charge in [0.05, 0.1) is 0 Å². The summed E-state index contributed by atoms with van der Waals surface area (Å²) in [5.74, 6) is 0. The molecule has 0 amide bonds. The molecule has 0 heterocycles. The van der Waals surface area contributed by atoms with E-state index in [1.807, 2.05) is 0 Å². The molecule has 76 valence electrons. The molecule has 1 aliphatic carbocycles. The fourth-order valence-corrected chi connectivity index (χ4v) is 2.62. The van der Waals surface area contributed by atoms with Crippen LogP contribution in [0, 0.1) is 6.92 Å². The highest BCUT2D eigenvalue weighted by atomic mass is 79.9. The molecular formula is C12H16BrN. The normalized spacial score (nSPS) is 20.6. The van der Waals surface area contributed by atoms with Gasteiger partial charge in [0.15, 0.2) is 0 Å². The lowest BCUT2D eigenvalue weighted by Crippen LogP contribution is -2.32. The Labute approximate surface area is 93.8 Å². The Kier molecular flexibility index (Phi) is 2.44. The summed E-state index contributed by atoms with van der Waals surface area (Å²) in [7, 11) is 0. The summed E-state index contributed by atoms with van der Waals surface area (Å²) in [6, 6.07) is 6.68. The van der Waals surface area contributed by atoms with Gasteiger partial charge in [-0.3, -0.25) is 0 Å². The molecular weight excluding hydrogens is 238 g/mol. The largest absolute Gasteiger partial charge is 0.327 e. The second-order valence-electron chi connectivity index (χ2n) is 4.36. The van der Waals surface area contributed by atoms with Crippen LogP contribution in [0.25, 0.3) is 0 Å². The molecule has 1 nitrogen and oxygen atoms in total. The lowest BCUT2D eigenvalue weighted by molar-refractivity contribution is 0.553. The average Bonchev–Trinajstić information content (AvgIpc) is 2.90. The first-order valence-electron chi connectivity index (χ1n) is 5.09. The van der Waals surface area contributed by atoms with Crippen LogP contribution in [0.4, 0.5) is 0 Å². The van der Waals surface area contributed by atoms with E-state index >= 15 is 0 Å². The van der Waals surface area contributed by atoms with Crippen LogP contribution >= 0.6 is 15.9 Å². The topological polar surface area (TPSA) is 26.0 Å². The highest BCUT2D eigenvalue weighted by molar-refractivity contribution is 9.10. The third-order valence-electron chi connectivity index (χ3n) is 3.46. The maximum Gasteiger partial charge on any atom is 0.0207 e. The molecule has 0 aliphatic heterocycles. The third-order valence-corrected chi connectivity index (χ3v) is 4.32. The summed E-state index contributed by atoms with van der Waals surface area (Å²) in [5.41, 5.74) is 9.12. The lowest BCUT2D eigenvalue weighted by Gasteiger charge is -2.22. The van der Waals surface area contributed by atoms with Gasteiger partial charge < -0.3 is 5.73 Å². The second-order valence-corrected chi connectivity index (χ2v) is 5.21. The molecule has 2 heteroatoms. The molecule has 0 radical (unpaired) electrons. The van der Waals surface area contributed by atoms with Crippen molar-refractivity contribution < 1.29 is 0 Å². The minimum Gasteiger partial charge on any atom is -0.327 e. The van der Waals surface area contributed by atoms with E-state index in [-0.39, 0.29) is 11.5 Å². The summed E-state index contributed by atoms with van der Waals surface area (Å²) < 4.78 is 1.20. The molecule has 0 spiro atoms. The predicted octanol–water partition coefficient (Wildman–Crippen LogP) is 3.14. The number of hydrogen-bond donors (Lipinski definition) is 1. The van der Waals surface area contributed by atoms with Gasteiger partial charge in [0, 0.05) is 15.9 Å². The van der Waals surface area contributed by atoms with Gasteiger partial charge in [-0.2, -0.15) is 0 Å². The van der Waals surface area contributed by atoms with E-state index in [0.717, 1.165) is 0 Å². The van der Waals surface area contributed by atoms with E-state index in [1.54, 1.807) is 0 Å². The first-order chi connectivity index (χ1) is 6.58. The van der Waals surface area contributed by atoms with Gasteiger partial charge in [-0.15, -0.1) is 0 Å². The van der Waals surface area contributed by atoms with Gasteiger partial charge in [0.25, 0.3) is 0 Å². The minimum atomic E-state index is 0.260. The molecule has 2 rings (SSSR count). The summed E-state index contributed by atoms with van der Waals surface area (Å²) >= 11 is 3.57. The van der Waals surface area contributed by atoms with E-state index < -0.39 is 0 Å². The Hall–Kier alpha value is -0.340. The molecule has 1 aromatic carbocycles. The first-order valence-corrected chi connectivity index (χ1v) is 5.88. The first kappa shape index (κ1) is 10.2. The summed E-state index contributed by atoms with van der Waals surface area (Å²) in [6.45, 7) is 4.29. The number of halogens is 1.